The van der Waals surface area contributed by atoms with E-state index >= 15 is 0 Å². The molecular formula is C12H18O2. The minimum atomic E-state index is -0.484. The fourth-order valence-corrected chi connectivity index (χ4v) is 2.26. The van der Waals surface area contributed by atoms with Gasteiger partial charge in [-0.2, -0.15) is 0 Å². The molecule has 1 aliphatic rings. The average Bonchev–Trinajstić information content (AvgIpc) is 2.31. The van der Waals surface area contributed by atoms with Gasteiger partial charge in [-0.1, -0.05) is 19.4 Å². The van der Waals surface area contributed by atoms with Gasteiger partial charge in [-0.15, -0.1) is 12.3 Å². The van der Waals surface area contributed by atoms with Crippen LogP contribution >= 0.6 is 0 Å². The third kappa shape index (κ3) is 2.00. The molecule has 14 heavy (non-hydrogen) atoms. The molecule has 1 rings (SSSR count). The van der Waals surface area contributed by atoms with Gasteiger partial charge < -0.3 is 10.2 Å². The quantitative estimate of drug-likeness (QED) is 0.527. The Bertz CT molecular complexity index is 281. The van der Waals surface area contributed by atoms with Gasteiger partial charge in [0.2, 0.25) is 0 Å². The predicted molar refractivity (Wildman–Crippen MR) is 56.6 cm³/mol. The fourth-order valence-electron chi connectivity index (χ4n) is 2.26. The molecule has 0 saturated carbocycles. The zero-order chi connectivity index (χ0) is 10.8. The third-order valence-corrected chi connectivity index (χ3v) is 3.00. The van der Waals surface area contributed by atoms with Crippen molar-refractivity contribution in [2.75, 3.05) is 6.61 Å². The molecule has 1 atom stereocenters. The van der Waals surface area contributed by atoms with Crippen LogP contribution in [0.4, 0.5) is 0 Å². The van der Waals surface area contributed by atoms with Gasteiger partial charge in [-0.25, -0.2) is 0 Å². The van der Waals surface area contributed by atoms with Crippen LogP contribution in [0.5, 0.6) is 0 Å². The van der Waals surface area contributed by atoms with Crippen molar-refractivity contribution in [3.63, 3.8) is 0 Å². The third-order valence-electron chi connectivity index (χ3n) is 3.00. The van der Waals surface area contributed by atoms with Crippen molar-refractivity contribution in [3.05, 3.63) is 11.1 Å². The molecule has 2 N–H and O–H groups in total. The monoisotopic (exact) mass is 194 g/mol. The van der Waals surface area contributed by atoms with Crippen LogP contribution in [-0.2, 0) is 0 Å². The molecule has 0 amide bonds. The van der Waals surface area contributed by atoms with Crippen molar-refractivity contribution in [1.29, 1.82) is 0 Å². The lowest BCUT2D eigenvalue weighted by Crippen LogP contribution is -2.13. The molecule has 0 saturated heterocycles. The minimum absolute atomic E-state index is 0.0195. The first-order valence-electron chi connectivity index (χ1n) is 4.97. The summed E-state index contributed by atoms with van der Waals surface area (Å²) in [5.41, 5.74) is 1.91. The molecule has 0 bridgehead atoms. The number of hydrogen-bond donors (Lipinski definition) is 2. The van der Waals surface area contributed by atoms with E-state index in [0.717, 1.165) is 17.6 Å². The first-order chi connectivity index (χ1) is 6.53. The van der Waals surface area contributed by atoms with Crippen molar-refractivity contribution in [2.45, 2.75) is 39.2 Å². The SMILES string of the molecule is C#CCCC1=C(CO)C(O)CC1(C)C. The fraction of sp³-hybridized carbons (Fsp3) is 0.667. The minimum Gasteiger partial charge on any atom is -0.392 e. The molecule has 1 aliphatic carbocycles. The van der Waals surface area contributed by atoms with E-state index in [2.05, 4.69) is 19.8 Å². The van der Waals surface area contributed by atoms with Crippen molar-refractivity contribution >= 4 is 0 Å². The largest absolute Gasteiger partial charge is 0.392 e. The molecule has 0 aromatic heterocycles. The molecule has 2 nitrogen and oxygen atoms in total. The molecule has 0 aliphatic heterocycles. The Kier molecular flexibility index (Phi) is 3.36. The van der Waals surface area contributed by atoms with Gasteiger partial charge in [-0.3, -0.25) is 0 Å². The Morgan fingerprint density at radius 3 is 2.71 bits per heavy atom. The van der Waals surface area contributed by atoms with Crippen molar-refractivity contribution in [3.8, 4) is 12.3 Å². The summed E-state index contributed by atoms with van der Waals surface area (Å²) in [5.74, 6) is 2.59. The second-order valence-electron chi connectivity index (χ2n) is 4.47. The Morgan fingerprint density at radius 2 is 2.21 bits per heavy atom. The Hall–Kier alpha value is -0.780. The molecule has 0 spiro atoms. The molecule has 78 valence electrons. The van der Waals surface area contributed by atoms with E-state index in [-0.39, 0.29) is 12.0 Å². The summed E-state index contributed by atoms with van der Waals surface area (Å²) in [5, 5.41) is 18.9. The van der Waals surface area contributed by atoms with Crippen LogP contribution in [0, 0.1) is 17.8 Å². The highest BCUT2D eigenvalue weighted by Gasteiger charge is 2.37. The summed E-state index contributed by atoms with van der Waals surface area (Å²) in [6.45, 7) is 4.12. The van der Waals surface area contributed by atoms with Crippen molar-refractivity contribution < 1.29 is 10.2 Å². The van der Waals surface area contributed by atoms with E-state index in [1.165, 1.54) is 0 Å². The summed E-state index contributed by atoms with van der Waals surface area (Å²) in [4.78, 5) is 0. The topological polar surface area (TPSA) is 40.5 Å². The zero-order valence-electron chi connectivity index (χ0n) is 8.88. The van der Waals surface area contributed by atoms with Gasteiger partial charge in [-0.05, 0) is 23.8 Å². The lowest BCUT2D eigenvalue weighted by Gasteiger charge is -2.22. The molecule has 0 aromatic carbocycles. The highest BCUT2D eigenvalue weighted by molar-refractivity contribution is 5.31. The van der Waals surface area contributed by atoms with Gasteiger partial charge in [0, 0.05) is 6.42 Å². The lowest BCUT2D eigenvalue weighted by atomic mass is 9.83. The number of allylic oxidation sites excluding steroid dienone is 1. The highest BCUT2D eigenvalue weighted by atomic mass is 16.3. The normalized spacial score (nSPS) is 25.2. The maximum atomic E-state index is 9.72. The number of aliphatic hydroxyl groups excluding tert-OH is 2. The van der Waals surface area contributed by atoms with Crippen LogP contribution in [-0.4, -0.2) is 22.9 Å². The zero-order valence-corrected chi connectivity index (χ0v) is 8.88. The molecule has 0 fully saturated rings. The van der Waals surface area contributed by atoms with E-state index in [0.29, 0.717) is 12.8 Å². The number of rotatable bonds is 3. The number of hydrogen-bond acceptors (Lipinski definition) is 2. The Labute approximate surface area is 85.6 Å². The molecule has 0 heterocycles. The van der Waals surface area contributed by atoms with Crippen LogP contribution in [0.2, 0.25) is 0 Å². The maximum Gasteiger partial charge on any atom is 0.0783 e. The van der Waals surface area contributed by atoms with Gasteiger partial charge in [0.1, 0.15) is 0 Å². The maximum absolute atomic E-state index is 9.72. The first-order valence-corrected chi connectivity index (χ1v) is 4.97. The number of aliphatic hydroxyl groups is 2. The van der Waals surface area contributed by atoms with E-state index in [4.69, 9.17) is 11.5 Å². The van der Waals surface area contributed by atoms with Crippen LogP contribution in [0.15, 0.2) is 11.1 Å². The predicted octanol–water partition coefficient (Wildman–Crippen LogP) is 1.48. The molecular weight excluding hydrogens is 176 g/mol. The number of terminal acetylenes is 1. The highest BCUT2D eigenvalue weighted by Crippen LogP contribution is 2.44. The molecule has 2 heteroatoms. The van der Waals surface area contributed by atoms with E-state index in [1.807, 2.05) is 0 Å². The van der Waals surface area contributed by atoms with Crippen LogP contribution < -0.4 is 0 Å². The van der Waals surface area contributed by atoms with Crippen LogP contribution in [0.1, 0.15) is 33.1 Å². The Morgan fingerprint density at radius 1 is 1.57 bits per heavy atom. The smallest absolute Gasteiger partial charge is 0.0783 e. The molecule has 0 aromatic rings. The van der Waals surface area contributed by atoms with E-state index in [1.54, 1.807) is 0 Å². The first kappa shape index (κ1) is 11.3. The van der Waals surface area contributed by atoms with Gasteiger partial charge in [0.05, 0.1) is 12.7 Å². The molecule has 0 radical (unpaired) electrons. The van der Waals surface area contributed by atoms with Gasteiger partial charge in [0.15, 0.2) is 0 Å². The average molecular weight is 194 g/mol. The standard InChI is InChI=1S/C12H18O2/c1-4-5-6-10-9(8-13)11(14)7-12(10,2)3/h1,11,13-14H,5-8H2,2-3H3. The summed E-state index contributed by atoms with van der Waals surface area (Å²) in [6, 6.07) is 0. The molecule has 1 unspecified atom stereocenters. The summed E-state index contributed by atoms with van der Waals surface area (Å²) in [7, 11) is 0. The van der Waals surface area contributed by atoms with Gasteiger partial charge in [0.25, 0.3) is 0 Å². The van der Waals surface area contributed by atoms with Crippen LogP contribution in [0.3, 0.4) is 0 Å². The summed E-state index contributed by atoms with van der Waals surface area (Å²) in [6.07, 6.45) is 6.90. The summed E-state index contributed by atoms with van der Waals surface area (Å²) >= 11 is 0. The second-order valence-corrected chi connectivity index (χ2v) is 4.47. The second kappa shape index (κ2) is 4.16. The van der Waals surface area contributed by atoms with Crippen molar-refractivity contribution in [1.82, 2.24) is 0 Å². The van der Waals surface area contributed by atoms with Crippen LogP contribution in [0.25, 0.3) is 0 Å². The van der Waals surface area contributed by atoms with Gasteiger partial charge >= 0.3 is 0 Å². The van der Waals surface area contributed by atoms with E-state index < -0.39 is 6.10 Å². The van der Waals surface area contributed by atoms with E-state index in [9.17, 15) is 5.11 Å². The Balaban J connectivity index is 2.91. The lowest BCUT2D eigenvalue weighted by molar-refractivity contribution is 0.168. The summed E-state index contributed by atoms with van der Waals surface area (Å²) < 4.78 is 0. The van der Waals surface area contributed by atoms with Crippen molar-refractivity contribution in [2.24, 2.45) is 5.41 Å².